The molecule has 5 atom stereocenters. The SMILES string of the molecule is CCCCCCCCCCC[C@@H](C[C@@H]1OC(=O)[C@H]1CCCCCC)C(C(=O)O)S(=O)CC(N)=O. The number of primary amides is 1. The second kappa shape index (κ2) is 17.9. The van der Waals surface area contributed by atoms with E-state index in [1.54, 1.807) is 0 Å². The van der Waals surface area contributed by atoms with E-state index in [1.807, 2.05) is 0 Å². The molecule has 0 saturated carbocycles. The number of hydrogen-bond donors (Lipinski definition) is 2. The molecule has 0 aliphatic carbocycles. The average molecular weight is 502 g/mol. The summed E-state index contributed by atoms with van der Waals surface area (Å²) in [6.45, 7) is 4.34. The van der Waals surface area contributed by atoms with Crippen molar-refractivity contribution in [1.29, 1.82) is 0 Å². The summed E-state index contributed by atoms with van der Waals surface area (Å²) in [4.78, 5) is 35.4. The van der Waals surface area contributed by atoms with Gasteiger partial charge in [-0.25, -0.2) is 0 Å². The van der Waals surface area contributed by atoms with Crippen LogP contribution < -0.4 is 5.73 Å². The van der Waals surface area contributed by atoms with Crippen LogP contribution in [0.5, 0.6) is 0 Å². The number of carbonyl (C=O) groups excluding carboxylic acids is 2. The number of carbonyl (C=O) groups is 3. The summed E-state index contributed by atoms with van der Waals surface area (Å²) in [6, 6.07) is 0. The molecule has 1 saturated heterocycles. The van der Waals surface area contributed by atoms with Crippen molar-refractivity contribution >= 4 is 28.6 Å². The smallest absolute Gasteiger partial charge is 0.319 e. The summed E-state index contributed by atoms with van der Waals surface area (Å²) in [5.74, 6) is -3.25. The van der Waals surface area contributed by atoms with Crippen molar-refractivity contribution in [2.45, 2.75) is 128 Å². The number of esters is 1. The number of hydrogen-bond acceptors (Lipinski definition) is 5. The van der Waals surface area contributed by atoms with Gasteiger partial charge in [-0.15, -0.1) is 0 Å². The van der Waals surface area contributed by atoms with Gasteiger partial charge in [-0.1, -0.05) is 97.3 Å². The highest BCUT2D eigenvalue weighted by Crippen LogP contribution is 2.35. The Hall–Kier alpha value is -1.44. The molecule has 3 N–H and O–H groups in total. The molecular weight excluding hydrogens is 454 g/mol. The van der Waals surface area contributed by atoms with Gasteiger partial charge in [-0.2, -0.15) is 0 Å². The zero-order valence-electron chi connectivity index (χ0n) is 21.3. The summed E-state index contributed by atoms with van der Waals surface area (Å²) in [7, 11) is -1.90. The third kappa shape index (κ3) is 11.8. The molecule has 0 aromatic rings. The maximum atomic E-state index is 12.7. The van der Waals surface area contributed by atoms with Gasteiger partial charge in [0.25, 0.3) is 0 Å². The van der Waals surface area contributed by atoms with E-state index in [0.29, 0.717) is 12.8 Å². The lowest BCUT2D eigenvalue weighted by molar-refractivity contribution is -0.187. The minimum absolute atomic E-state index is 0.207. The Kier molecular flexibility index (Phi) is 16.1. The van der Waals surface area contributed by atoms with Gasteiger partial charge in [0.05, 0.1) is 5.92 Å². The lowest BCUT2D eigenvalue weighted by Crippen LogP contribution is -2.48. The molecule has 1 fully saturated rings. The maximum Gasteiger partial charge on any atom is 0.319 e. The van der Waals surface area contributed by atoms with E-state index in [2.05, 4.69) is 13.8 Å². The lowest BCUT2D eigenvalue weighted by Gasteiger charge is -2.38. The summed E-state index contributed by atoms with van der Waals surface area (Å²) in [6.07, 6.45) is 16.0. The predicted octanol–water partition coefficient (Wildman–Crippen LogP) is 5.11. The molecule has 198 valence electrons. The highest BCUT2D eigenvalue weighted by molar-refractivity contribution is 7.87. The molecule has 1 aliphatic rings. The van der Waals surface area contributed by atoms with E-state index in [0.717, 1.165) is 51.4 Å². The Labute approximate surface area is 208 Å². The van der Waals surface area contributed by atoms with Crippen molar-refractivity contribution in [2.75, 3.05) is 5.75 Å². The average Bonchev–Trinajstić information content (AvgIpc) is 2.76. The Balaban J connectivity index is 2.67. The number of nitrogens with two attached hydrogens (primary N) is 1. The first kappa shape index (κ1) is 30.6. The summed E-state index contributed by atoms with van der Waals surface area (Å²) in [5, 5.41) is 8.66. The number of unbranched alkanes of at least 4 members (excludes halogenated alkanes) is 11. The van der Waals surface area contributed by atoms with Crippen LogP contribution in [-0.2, 0) is 29.9 Å². The normalized spacial score (nSPS) is 20.2. The first-order valence-corrected chi connectivity index (χ1v) is 14.8. The molecule has 0 radical (unpaired) electrons. The molecule has 1 aliphatic heterocycles. The largest absolute Gasteiger partial charge is 0.480 e. The zero-order valence-corrected chi connectivity index (χ0v) is 22.1. The number of aliphatic carboxylic acids is 1. The zero-order chi connectivity index (χ0) is 25.3. The number of cyclic esters (lactones) is 1. The van der Waals surface area contributed by atoms with E-state index in [-0.39, 0.29) is 18.0 Å². The maximum absolute atomic E-state index is 12.7. The van der Waals surface area contributed by atoms with Gasteiger partial charge in [0.1, 0.15) is 17.1 Å². The molecule has 8 heteroatoms. The fourth-order valence-corrected chi connectivity index (χ4v) is 6.23. The molecule has 2 unspecified atom stereocenters. The van der Waals surface area contributed by atoms with Crippen molar-refractivity contribution in [3.8, 4) is 0 Å². The van der Waals surface area contributed by atoms with Crippen LogP contribution in [0.1, 0.15) is 117 Å². The van der Waals surface area contributed by atoms with Crippen LogP contribution in [0.4, 0.5) is 0 Å². The Morgan fingerprint density at radius 3 is 1.97 bits per heavy atom. The van der Waals surface area contributed by atoms with E-state index < -0.39 is 39.6 Å². The first-order chi connectivity index (χ1) is 16.3. The van der Waals surface area contributed by atoms with Crippen molar-refractivity contribution < 1.29 is 28.4 Å². The van der Waals surface area contributed by atoms with E-state index in [1.165, 1.54) is 38.5 Å². The van der Waals surface area contributed by atoms with Crippen LogP contribution in [-0.4, -0.2) is 44.3 Å². The summed E-state index contributed by atoms with van der Waals surface area (Å²) >= 11 is 0. The number of carboxylic acids is 1. The molecule has 0 spiro atoms. The third-order valence-electron chi connectivity index (χ3n) is 6.84. The van der Waals surface area contributed by atoms with Gasteiger partial charge >= 0.3 is 11.9 Å². The highest BCUT2D eigenvalue weighted by Gasteiger charge is 2.45. The van der Waals surface area contributed by atoms with Gasteiger partial charge in [0.2, 0.25) is 5.91 Å². The standard InChI is InChI=1S/C26H47NO6S/c1-3-5-7-9-10-11-12-13-14-16-20(24(25(29)30)34(32)19-23(27)28)18-22-21(26(31)33-22)17-15-8-6-4-2/h20-22,24H,3-19H2,1-2H3,(H2,27,28)(H,29,30)/t20-,21-,22-,24?,34?/m0/s1. The van der Waals surface area contributed by atoms with Gasteiger partial charge < -0.3 is 15.6 Å². The Bertz CT molecular complexity index is 641. The van der Waals surface area contributed by atoms with Crippen LogP contribution in [0.2, 0.25) is 0 Å². The van der Waals surface area contributed by atoms with Crippen LogP contribution in [0.3, 0.4) is 0 Å². The molecule has 7 nitrogen and oxygen atoms in total. The number of ether oxygens (including phenoxy) is 1. The van der Waals surface area contributed by atoms with Crippen molar-refractivity contribution in [2.24, 2.45) is 17.6 Å². The van der Waals surface area contributed by atoms with Gasteiger partial charge in [0, 0.05) is 10.8 Å². The minimum atomic E-state index is -1.90. The van der Waals surface area contributed by atoms with E-state index in [9.17, 15) is 23.7 Å². The number of carboxylic acid groups (broad SMARTS) is 1. The molecular formula is C26H47NO6S. The quantitative estimate of drug-likeness (QED) is 0.157. The third-order valence-corrected chi connectivity index (χ3v) is 8.56. The first-order valence-electron chi connectivity index (χ1n) is 13.4. The lowest BCUT2D eigenvalue weighted by atomic mass is 9.82. The van der Waals surface area contributed by atoms with Gasteiger partial charge in [0.15, 0.2) is 0 Å². The van der Waals surface area contributed by atoms with Gasteiger partial charge in [-0.05, 0) is 25.2 Å². The van der Waals surface area contributed by atoms with Crippen LogP contribution in [0.15, 0.2) is 0 Å². The van der Waals surface area contributed by atoms with Crippen molar-refractivity contribution in [3.05, 3.63) is 0 Å². The molecule has 1 heterocycles. The van der Waals surface area contributed by atoms with E-state index >= 15 is 0 Å². The summed E-state index contributed by atoms with van der Waals surface area (Å²) in [5.41, 5.74) is 5.19. The second-order valence-electron chi connectivity index (χ2n) is 9.79. The second-order valence-corrected chi connectivity index (χ2v) is 11.4. The van der Waals surface area contributed by atoms with Gasteiger partial charge in [-0.3, -0.25) is 18.6 Å². The monoisotopic (exact) mass is 501 g/mol. The molecule has 34 heavy (non-hydrogen) atoms. The molecule has 0 bridgehead atoms. The molecule has 1 amide bonds. The van der Waals surface area contributed by atoms with Crippen molar-refractivity contribution in [1.82, 2.24) is 0 Å². The van der Waals surface area contributed by atoms with Crippen LogP contribution in [0.25, 0.3) is 0 Å². The van der Waals surface area contributed by atoms with Crippen LogP contribution in [0, 0.1) is 11.8 Å². The fourth-order valence-electron chi connectivity index (χ4n) is 4.87. The molecule has 0 aromatic carbocycles. The highest BCUT2D eigenvalue weighted by atomic mass is 32.2. The topological polar surface area (TPSA) is 124 Å². The molecule has 1 rings (SSSR count). The Morgan fingerprint density at radius 2 is 1.47 bits per heavy atom. The predicted molar refractivity (Wildman–Crippen MR) is 136 cm³/mol. The minimum Gasteiger partial charge on any atom is -0.480 e. The Morgan fingerprint density at radius 1 is 0.941 bits per heavy atom. The van der Waals surface area contributed by atoms with Crippen molar-refractivity contribution in [3.63, 3.8) is 0 Å². The fraction of sp³-hybridized carbons (Fsp3) is 0.885. The number of rotatable bonds is 22. The summed E-state index contributed by atoms with van der Waals surface area (Å²) < 4.78 is 18.1. The van der Waals surface area contributed by atoms with Crippen LogP contribution >= 0.6 is 0 Å². The number of amides is 1. The molecule has 0 aromatic heterocycles. The van der Waals surface area contributed by atoms with E-state index in [4.69, 9.17) is 10.5 Å².